The molecule has 0 spiro atoms. The summed E-state index contributed by atoms with van der Waals surface area (Å²) in [6.07, 6.45) is 5.74. The molecule has 0 atom stereocenters. The number of hydrogen-bond acceptors (Lipinski definition) is 5. The minimum absolute atomic E-state index is 0. The lowest BCUT2D eigenvalue weighted by Gasteiger charge is -2.23. The van der Waals surface area contributed by atoms with E-state index in [1.807, 2.05) is 40.7 Å². The highest BCUT2D eigenvalue weighted by Gasteiger charge is 2.22. The van der Waals surface area contributed by atoms with E-state index in [1.165, 1.54) is 5.56 Å². The van der Waals surface area contributed by atoms with Crippen LogP contribution in [0.3, 0.4) is 0 Å². The van der Waals surface area contributed by atoms with E-state index in [9.17, 15) is 4.79 Å². The average Bonchev–Trinajstić information content (AvgIpc) is 3.34. The molecule has 8 nitrogen and oxygen atoms in total. The van der Waals surface area contributed by atoms with Crippen LogP contribution in [0.1, 0.15) is 46.2 Å². The predicted molar refractivity (Wildman–Crippen MR) is 112 cm³/mol. The molecule has 0 saturated carbocycles. The van der Waals surface area contributed by atoms with Crippen LogP contribution in [0.5, 0.6) is 0 Å². The Morgan fingerprint density at radius 2 is 1.97 bits per heavy atom. The van der Waals surface area contributed by atoms with Crippen molar-refractivity contribution in [2.75, 3.05) is 13.1 Å². The molecule has 1 aliphatic heterocycles. The molecule has 4 rings (SSSR count). The van der Waals surface area contributed by atoms with Gasteiger partial charge in [0.05, 0.1) is 24.5 Å². The number of benzene rings is 1. The van der Waals surface area contributed by atoms with Gasteiger partial charge >= 0.3 is 0 Å². The predicted octanol–water partition coefficient (Wildman–Crippen LogP) is 2.11. The molecule has 0 radical (unpaired) electrons. The van der Waals surface area contributed by atoms with Crippen LogP contribution in [0.2, 0.25) is 0 Å². The number of hydrogen-bond donors (Lipinski definition) is 2. The lowest BCUT2D eigenvalue weighted by Crippen LogP contribution is -2.30. The Kier molecular flexibility index (Phi) is 7.00. The van der Waals surface area contributed by atoms with E-state index in [4.69, 9.17) is 0 Å². The SMILES string of the molecule is Cc1c(C(=O)NCc2cnn(Cc3ccccc3)c2)nnn1C1CCNCC1.Cl. The van der Waals surface area contributed by atoms with Crippen LogP contribution in [-0.2, 0) is 13.1 Å². The topological polar surface area (TPSA) is 89.7 Å². The molecule has 154 valence electrons. The number of nitrogens with one attached hydrogen (secondary N) is 2. The van der Waals surface area contributed by atoms with Gasteiger partial charge in [-0.3, -0.25) is 9.48 Å². The molecule has 29 heavy (non-hydrogen) atoms. The highest BCUT2D eigenvalue weighted by molar-refractivity contribution is 5.93. The lowest BCUT2D eigenvalue weighted by atomic mass is 10.1. The minimum atomic E-state index is -0.200. The summed E-state index contributed by atoms with van der Waals surface area (Å²) in [6, 6.07) is 10.5. The van der Waals surface area contributed by atoms with Crippen molar-refractivity contribution in [2.24, 2.45) is 0 Å². The molecular weight excluding hydrogens is 390 g/mol. The molecule has 2 aromatic heterocycles. The molecule has 2 N–H and O–H groups in total. The molecule has 1 amide bonds. The second-order valence-electron chi connectivity index (χ2n) is 7.16. The fraction of sp³-hybridized carbons (Fsp3) is 0.400. The zero-order chi connectivity index (χ0) is 19.3. The Labute approximate surface area is 176 Å². The molecular formula is C20H26ClN7O. The molecule has 0 bridgehead atoms. The van der Waals surface area contributed by atoms with Gasteiger partial charge in [-0.05, 0) is 38.4 Å². The number of piperidine rings is 1. The van der Waals surface area contributed by atoms with Gasteiger partial charge in [0, 0.05) is 18.3 Å². The van der Waals surface area contributed by atoms with Gasteiger partial charge in [-0.25, -0.2) is 4.68 Å². The van der Waals surface area contributed by atoms with Crippen LogP contribution >= 0.6 is 12.4 Å². The zero-order valence-corrected chi connectivity index (χ0v) is 17.2. The third-order valence-corrected chi connectivity index (χ3v) is 5.12. The number of carbonyl (C=O) groups excluding carboxylic acids is 1. The summed E-state index contributed by atoms with van der Waals surface area (Å²) in [7, 11) is 0. The quantitative estimate of drug-likeness (QED) is 0.643. The smallest absolute Gasteiger partial charge is 0.274 e. The Bertz CT molecular complexity index is 931. The first kappa shape index (κ1) is 21.0. The fourth-order valence-electron chi connectivity index (χ4n) is 3.57. The summed E-state index contributed by atoms with van der Waals surface area (Å²) in [5.74, 6) is -0.200. The molecule has 0 unspecified atom stereocenters. The molecule has 0 aliphatic carbocycles. The lowest BCUT2D eigenvalue weighted by molar-refractivity contribution is 0.0945. The van der Waals surface area contributed by atoms with Crippen molar-refractivity contribution in [3.05, 3.63) is 65.2 Å². The van der Waals surface area contributed by atoms with E-state index in [2.05, 4.69) is 38.2 Å². The van der Waals surface area contributed by atoms with Gasteiger partial charge in [-0.1, -0.05) is 35.5 Å². The number of aromatic nitrogens is 5. The van der Waals surface area contributed by atoms with Crippen molar-refractivity contribution in [3.8, 4) is 0 Å². The summed E-state index contributed by atoms with van der Waals surface area (Å²) in [4.78, 5) is 12.6. The number of nitrogens with zero attached hydrogens (tertiary/aromatic N) is 5. The normalized spacial score (nSPS) is 14.4. The molecule has 1 saturated heterocycles. The van der Waals surface area contributed by atoms with Gasteiger partial charge in [0.2, 0.25) is 0 Å². The Balaban J connectivity index is 0.00000240. The van der Waals surface area contributed by atoms with E-state index in [0.29, 0.717) is 24.8 Å². The summed E-state index contributed by atoms with van der Waals surface area (Å²) in [5.41, 5.74) is 3.36. The number of amides is 1. The van der Waals surface area contributed by atoms with E-state index >= 15 is 0 Å². The maximum absolute atomic E-state index is 12.6. The maximum Gasteiger partial charge on any atom is 0.274 e. The van der Waals surface area contributed by atoms with Crippen molar-refractivity contribution < 1.29 is 4.79 Å². The van der Waals surface area contributed by atoms with Gasteiger partial charge in [-0.2, -0.15) is 5.10 Å². The second-order valence-corrected chi connectivity index (χ2v) is 7.16. The number of carbonyl (C=O) groups is 1. The third-order valence-electron chi connectivity index (χ3n) is 5.12. The van der Waals surface area contributed by atoms with Gasteiger partial charge in [0.25, 0.3) is 5.91 Å². The van der Waals surface area contributed by atoms with Crippen molar-refractivity contribution in [1.29, 1.82) is 0 Å². The molecule has 1 fully saturated rings. The highest BCUT2D eigenvalue weighted by atomic mass is 35.5. The Hall–Kier alpha value is -2.71. The first-order valence-electron chi connectivity index (χ1n) is 9.66. The van der Waals surface area contributed by atoms with Crippen LogP contribution in [0.15, 0.2) is 42.7 Å². The fourth-order valence-corrected chi connectivity index (χ4v) is 3.57. The van der Waals surface area contributed by atoms with Gasteiger partial charge < -0.3 is 10.6 Å². The third kappa shape index (κ3) is 5.02. The maximum atomic E-state index is 12.6. The van der Waals surface area contributed by atoms with E-state index in [0.717, 1.165) is 37.2 Å². The van der Waals surface area contributed by atoms with Crippen molar-refractivity contribution in [1.82, 2.24) is 35.4 Å². The molecule has 9 heteroatoms. The Morgan fingerprint density at radius 3 is 2.72 bits per heavy atom. The second kappa shape index (κ2) is 9.67. The molecule has 1 aliphatic rings. The van der Waals surface area contributed by atoms with E-state index in [1.54, 1.807) is 6.20 Å². The highest BCUT2D eigenvalue weighted by Crippen LogP contribution is 2.20. The summed E-state index contributed by atoms with van der Waals surface area (Å²) in [6.45, 7) is 4.97. The van der Waals surface area contributed by atoms with Crippen molar-refractivity contribution >= 4 is 18.3 Å². The van der Waals surface area contributed by atoms with Crippen LogP contribution in [0.25, 0.3) is 0 Å². The van der Waals surface area contributed by atoms with Crippen LogP contribution in [-0.4, -0.2) is 43.8 Å². The summed E-state index contributed by atoms with van der Waals surface area (Å²) >= 11 is 0. The first-order valence-corrected chi connectivity index (χ1v) is 9.66. The number of rotatable bonds is 6. The van der Waals surface area contributed by atoms with Gasteiger partial charge in [0.15, 0.2) is 5.69 Å². The largest absolute Gasteiger partial charge is 0.346 e. The van der Waals surface area contributed by atoms with Gasteiger partial charge in [0.1, 0.15) is 0 Å². The monoisotopic (exact) mass is 415 g/mol. The molecule has 3 aromatic rings. The summed E-state index contributed by atoms with van der Waals surface area (Å²) in [5, 5.41) is 19.0. The number of halogens is 1. The van der Waals surface area contributed by atoms with Crippen LogP contribution in [0.4, 0.5) is 0 Å². The zero-order valence-electron chi connectivity index (χ0n) is 16.4. The van der Waals surface area contributed by atoms with E-state index in [-0.39, 0.29) is 18.3 Å². The standard InChI is InChI=1S/C20H25N7O.ClH/c1-15-19(24-25-27(15)18-7-9-21-10-8-18)20(28)22-11-17-12-23-26(14-17)13-16-5-3-2-4-6-16;/h2-6,12,14,18,21H,7-11,13H2,1H3,(H,22,28);1H. The van der Waals surface area contributed by atoms with E-state index < -0.39 is 0 Å². The van der Waals surface area contributed by atoms with Crippen LogP contribution < -0.4 is 10.6 Å². The van der Waals surface area contributed by atoms with Crippen molar-refractivity contribution in [3.63, 3.8) is 0 Å². The summed E-state index contributed by atoms with van der Waals surface area (Å²) < 4.78 is 3.77. The molecule has 3 heterocycles. The Morgan fingerprint density at radius 1 is 1.21 bits per heavy atom. The average molecular weight is 416 g/mol. The van der Waals surface area contributed by atoms with Crippen LogP contribution in [0, 0.1) is 6.92 Å². The first-order chi connectivity index (χ1) is 13.7. The molecule has 1 aromatic carbocycles. The van der Waals surface area contributed by atoms with Crippen molar-refractivity contribution in [2.45, 2.75) is 38.9 Å². The van der Waals surface area contributed by atoms with Gasteiger partial charge in [-0.15, -0.1) is 17.5 Å². The minimum Gasteiger partial charge on any atom is -0.346 e.